The molecule has 2 aromatic rings. The monoisotopic (exact) mass is 287 g/mol. The summed E-state index contributed by atoms with van der Waals surface area (Å²) in [5, 5.41) is 1.15. The van der Waals surface area contributed by atoms with Crippen LogP contribution in [0, 0.1) is 0 Å². The van der Waals surface area contributed by atoms with E-state index in [9.17, 15) is 0 Å². The minimum absolute atomic E-state index is 0.163. The molecule has 2 heterocycles. The lowest BCUT2D eigenvalue weighted by Gasteiger charge is -2.44. The van der Waals surface area contributed by atoms with E-state index in [2.05, 4.69) is 42.8 Å². The van der Waals surface area contributed by atoms with E-state index in [4.69, 9.17) is 10.2 Å². The van der Waals surface area contributed by atoms with Crippen molar-refractivity contribution < 1.29 is 4.42 Å². The number of para-hydroxylation sites is 1. The molecular formula is C17H25N3O. The molecule has 2 N–H and O–H groups in total. The number of rotatable bonds is 3. The number of nitrogens with two attached hydrogens (primary N) is 1. The van der Waals surface area contributed by atoms with Crippen LogP contribution in [0.2, 0.25) is 0 Å². The molecule has 0 bridgehead atoms. The molecule has 21 heavy (non-hydrogen) atoms. The highest BCUT2D eigenvalue weighted by Gasteiger charge is 2.32. The Balaban J connectivity index is 1.87. The van der Waals surface area contributed by atoms with Gasteiger partial charge in [0.05, 0.1) is 6.04 Å². The summed E-state index contributed by atoms with van der Waals surface area (Å²) in [7, 11) is 2.20. The van der Waals surface area contributed by atoms with Gasteiger partial charge in [0, 0.05) is 37.1 Å². The van der Waals surface area contributed by atoms with E-state index in [-0.39, 0.29) is 6.04 Å². The van der Waals surface area contributed by atoms with E-state index in [0.29, 0.717) is 18.6 Å². The smallest absolute Gasteiger partial charge is 0.134 e. The Labute approximate surface area is 126 Å². The number of likely N-dealkylation sites (N-methyl/N-ethyl adjacent to an activating group) is 1. The van der Waals surface area contributed by atoms with Gasteiger partial charge in [-0.2, -0.15) is 0 Å². The molecule has 114 valence electrons. The first-order chi connectivity index (χ1) is 10.1. The fourth-order valence-corrected chi connectivity index (χ4v) is 3.31. The highest BCUT2D eigenvalue weighted by molar-refractivity contribution is 5.77. The Morgan fingerprint density at radius 1 is 1.24 bits per heavy atom. The van der Waals surface area contributed by atoms with Gasteiger partial charge in [-0.05, 0) is 33.0 Å². The molecule has 4 heteroatoms. The van der Waals surface area contributed by atoms with Gasteiger partial charge in [0.15, 0.2) is 0 Å². The van der Waals surface area contributed by atoms with Crippen LogP contribution in [-0.2, 0) is 0 Å². The van der Waals surface area contributed by atoms with Gasteiger partial charge in [0.1, 0.15) is 11.3 Å². The third-order valence-electron chi connectivity index (χ3n) is 4.83. The first kappa shape index (κ1) is 14.6. The second kappa shape index (κ2) is 5.79. The van der Waals surface area contributed by atoms with Crippen molar-refractivity contribution in [2.24, 2.45) is 5.73 Å². The van der Waals surface area contributed by atoms with Crippen LogP contribution in [0.5, 0.6) is 0 Å². The second-order valence-corrected chi connectivity index (χ2v) is 6.26. The first-order valence-corrected chi connectivity index (χ1v) is 7.74. The molecule has 1 saturated heterocycles. The van der Waals surface area contributed by atoms with Gasteiger partial charge in [0.25, 0.3) is 0 Å². The molecule has 1 aromatic heterocycles. The summed E-state index contributed by atoms with van der Waals surface area (Å²) < 4.78 is 6.04. The fraction of sp³-hybridized carbons (Fsp3) is 0.529. The summed E-state index contributed by atoms with van der Waals surface area (Å²) in [6, 6.07) is 11.5. The number of benzene rings is 1. The van der Waals surface area contributed by atoms with Crippen molar-refractivity contribution in [3.63, 3.8) is 0 Å². The molecule has 3 unspecified atom stereocenters. The molecular weight excluding hydrogens is 262 g/mol. The predicted molar refractivity (Wildman–Crippen MR) is 86.3 cm³/mol. The highest BCUT2D eigenvalue weighted by atomic mass is 16.3. The van der Waals surface area contributed by atoms with Gasteiger partial charge in [-0.3, -0.25) is 9.80 Å². The second-order valence-electron chi connectivity index (χ2n) is 6.26. The van der Waals surface area contributed by atoms with E-state index in [1.54, 1.807) is 0 Å². The lowest BCUT2D eigenvalue weighted by Crippen LogP contribution is -2.56. The maximum absolute atomic E-state index is 6.07. The van der Waals surface area contributed by atoms with Crippen LogP contribution in [0.3, 0.4) is 0 Å². The zero-order chi connectivity index (χ0) is 15.0. The van der Waals surface area contributed by atoms with Gasteiger partial charge in [0.2, 0.25) is 0 Å². The Hall–Kier alpha value is -1.36. The van der Waals surface area contributed by atoms with E-state index in [1.807, 2.05) is 18.2 Å². The van der Waals surface area contributed by atoms with Crippen LogP contribution in [0.25, 0.3) is 11.0 Å². The lowest BCUT2D eigenvalue weighted by molar-refractivity contribution is 0.0301. The average Bonchev–Trinajstić information content (AvgIpc) is 2.89. The highest BCUT2D eigenvalue weighted by Crippen LogP contribution is 2.29. The normalized spacial score (nSPS) is 26.3. The minimum Gasteiger partial charge on any atom is -0.459 e. The summed E-state index contributed by atoms with van der Waals surface area (Å²) in [5.74, 6) is 0.989. The first-order valence-electron chi connectivity index (χ1n) is 7.74. The molecule has 1 aromatic carbocycles. The summed E-state index contributed by atoms with van der Waals surface area (Å²) in [5.41, 5.74) is 7.01. The summed E-state index contributed by atoms with van der Waals surface area (Å²) in [6.07, 6.45) is 0. The predicted octanol–water partition coefficient (Wildman–Crippen LogP) is 2.46. The molecule has 0 radical (unpaired) electrons. The van der Waals surface area contributed by atoms with Gasteiger partial charge in [-0.15, -0.1) is 0 Å². The Morgan fingerprint density at radius 3 is 2.52 bits per heavy atom. The van der Waals surface area contributed by atoms with E-state index in [0.717, 1.165) is 29.8 Å². The van der Waals surface area contributed by atoms with Crippen molar-refractivity contribution in [2.75, 3.05) is 26.7 Å². The number of piperazine rings is 1. The van der Waals surface area contributed by atoms with E-state index >= 15 is 0 Å². The Morgan fingerprint density at radius 2 is 1.90 bits per heavy atom. The van der Waals surface area contributed by atoms with Crippen molar-refractivity contribution in [1.29, 1.82) is 0 Å². The zero-order valence-corrected chi connectivity index (χ0v) is 13.1. The number of nitrogens with zero attached hydrogens (tertiary/aromatic N) is 2. The van der Waals surface area contributed by atoms with E-state index < -0.39 is 0 Å². The van der Waals surface area contributed by atoms with Gasteiger partial charge in [-0.1, -0.05) is 18.2 Å². The number of fused-ring (bicyclic) bond motifs is 1. The van der Waals surface area contributed by atoms with Crippen LogP contribution in [0.15, 0.2) is 34.7 Å². The topological polar surface area (TPSA) is 45.6 Å². The largest absolute Gasteiger partial charge is 0.459 e. The Bertz CT molecular complexity index is 564. The third-order valence-corrected chi connectivity index (χ3v) is 4.83. The molecule has 3 rings (SSSR count). The molecule has 0 amide bonds. The van der Waals surface area contributed by atoms with Crippen LogP contribution < -0.4 is 5.73 Å². The standard InChI is InChI=1S/C17H25N3O/c1-12-10-20(11-13(2)19(12)3)15(9-18)17-8-14-6-4-5-7-16(14)21-17/h4-8,12-13,15H,9-11,18H2,1-3H3. The molecule has 0 saturated carbocycles. The fourth-order valence-electron chi connectivity index (χ4n) is 3.31. The Kier molecular flexibility index (Phi) is 4.02. The summed E-state index contributed by atoms with van der Waals surface area (Å²) >= 11 is 0. The number of hydrogen-bond donors (Lipinski definition) is 1. The summed E-state index contributed by atoms with van der Waals surface area (Å²) in [4.78, 5) is 4.90. The van der Waals surface area contributed by atoms with Crippen molar-refractivity contribution in [1.82, 2.24) is 9.80 Å². The van der Waals surface area contributed by atoms with Crippen LogP contribution >= 0.6 is 0 Å². The minimum atomic E-state index is 0.163. The van der Waals surface area contributed by atoms with Crippen molar-refractivity contribution in [2.45, 2.75) is 32.0 Å². The molecule has 1 aliphatic rings. The average molecular weight is 287 g/mol. The van der Waals surface area contributed by atoms with Gasteiger partial charge in [-0.25, -0.2) is 0 Å². The summed E-state index contributed by atoms with van der Waals surface area (Å²) in [6.45, 7) is 7.19. The van der Waals surface area contributed by atoms with Crippen LogP contribution in [-0.4, -0.2) is 48.6 Å². The van der Waals surface area contributed by atoms with Crippen LogP contribution in [0.1, 0.15) is 25.6 Å². The molecule has 4 nitrogen and oxygen atoms in total. The maximum Gasteiger partial charge on any atom is 0.134 e. The molecule has 1 fully saturated rings. The molecule has 0 aliphatic carbocycles. The van der Waals surface area contributed by atoms with Crippen LogP contribution in [0.4, 0.5) is 0 Å². The van der Waals surface area contributed by atoms with Crippen molar-refractivity contribution >= 4 is 11.0 Å². The van der Waals surface area contributed by atoms with E-state index in [1.165, 1.54) is 0 Å². The van der Waals surface area contributed by atoms with Gasteiger partial charge >= 0.3 is 0 Å². The van der Waals surface area contributed by atoms with Gasteiger partial charge < -0.3 is 10.2 Å². The SMILES string of the molecule is CC1CN(C(CN)c2cc3ccccc3o2)CC(C)N1C. The number of hydrogen-bond acceptors (Lipinski definition) is 4. The third kappa shape index (κ3) is 2.71. The maximum atomic E-state index is 6.07. The quantitative estimate of drug-likeness (QED) is 0.942. The van der Waals surface area contributed by atoms with Crippen molar-refractivity contribution in [3.05, 3.63) is 36.1 Å². The van der Waals surface area contributed by atoms with Crippen molar-refractivity contribution in [3.8, 4) is 0 Å². The number of furan rings is 1. The molecule has 1 aliphatic heterocycles. The lowest BCUT2D eigenvalue weighted by atomic mass is 10.0. The zero-order valence-electron chi connectivity index (χ0n) is 13.1. The molecule has 0 spiro atoms. The molecule has 3 atom stereocenters.